The number of aliphatic hydroxyl groups is 1. The molecule has 0 aliphatic heterocycles. The molecular formula is C12H19N3O4. The molecule has 0 saturated heterocycles. The van der Waals surface area contributed by atoms with Crippen LogP contribution in [-0.4, -0.2) is 45.1 Å². The molecule has 0 aliphatic carbocycles. The number of aromatic nitrogens is 1. The number of carbonyl (C=O) groups is 1. The van der Waals surface area contributed by atoms with Crippen molar-refractivity contribution in [3.63, 3.8) is 0 Å². The van der Waals surface area contributed by atoms with Gasteiger partial charge in [0.25, 0.3) is 11.6 Å². The van der Waals surface area contributed by atoms with Crippen molar-refractivity contribution in [1.82, 2.24) is 9.47 Å². The van der Waals surface area contributed by atoms with Gasteiger partial charge in [0.15, 0.2) is 0 Å². The molecule has 1 amide bonds. The highest BCUT2D eigenvalue weighted by Crippen LogP contribution is 2.19. The van der Waals surface area contributed by atoms with Gasteiger partial charge in [0.1, 0.15) is 5.69 Å². The summed E-state index contributed by atoms with van der Waals surface area (Å²) in [6.45, 7) is 4.02. The number of hydrogen-bond acceptors (Lipinski definition) is 4. The van der Waals surface area contributed by atoms with Crippen LogP contribution < -0.4 is 0 Å². The molecule has 106 valence electrons. The molecule has 1 N–H and O–H groups in total. The molecule has 0 aromatic carbocycles. The Balaban J connectivity index is 3.10. The van der Waals surface area contributed by atoms with Gasteiger partial charge in [-0.2, -0.15) is 0 Å². The molecule has 7 heteroatoms. The Morgan fingerprint density at radius 1 is 1.63 bits per heavy atom. The Morgan fingerprint density at radius 3 is 2.74 bits per heavy atom. The van der Waals surface area contributed by atoms with Crippen LogP contribution >= 0.6 is 0 Å². The smallest absolute Gasteiger partial charge is 0.287 e. The van der Waals surface area contributed by atoms with E-state index in [4.69, 9.17) is 5.11 Å². The van der Waals surface area contributed by atoms with Crippen LogP contribution in [0.2, 0.25) is 0 Å². The molecule has 19 heavy (non-hydrogen) atoms. The van der Waals surface area contributed by atoms with Crippen molar-refractivity contribution < 1.29 is 14.8 Å². The molecule has 0 bridgehead atoms. The van der Waals surface area contributed by atoms with Crippen LogP contribution in [0.15, 0.2) is 12.3 Å². The third kappa shape index (κ3) is 3.31. The second kappa shape index (κ2) is 6.33. The molecule has 1 heterocycles. The van der Waals surface area contributed by atoms with Crippen molar-refractivity contribution in [2.75, 3.05) is 13.7 Å². The summed E-state index contributed by atoms with van der Waals surface area (Å²) in [6, 6.07) is 0.940. The molecule has 0 spiro atoms. The summed E-state index contributed by atoms with van der Waals surface area (Å²) in [5.74, 6) is -0.330. The molecule has 0 saturated carbocycles. The highest BCUT2D eigenvalue weighted by molar-refractivity contribution is 5.93. The fraction of sp³-hybridized carbons (Fsp3) is 0.583. The Labute approximate surface area is 111 Å². The van der Waals surface area contributed by atoms with Gasteiger partial charge >= 0.3 is 0 Å². The Kier molecular flexibility index (Phi) is 5.05. The van der Waals surface area contributed by atoms with E-state index in [-0.39, 0.29) is 29.9 Å². The molecule has 0 radical (unpaired) electrons. The van der Waals surface area contributed by atoms with E-state index in [0.717, 1.165) is 6.42 Å². The lowest BCUT2D eigenvalue weighted by molar-refractivity contribution is -0.384. The molecule has 0 aliphatic rings. The zero-order chi connectivity index (χ0) is 14.6. The summed E-state index contributed by atoms with van der Waals surface area (Å²) < 4.78 is 1.58. The van der Waals surface area contributed by atoms with E-state index < -0.39 is 4.92 Å². The monoisotopic (exact) mass is 269 g/mol. The van der Waals surface area contributed by atoms with E-state index >= 15 is 0 Å². The van der Waals surface area contributed by atoms with Crippen molar-refractivity contribution in [3.05, 3.63) is 28.1 Å². The highest BCUT2D eigenvalue weighted by atomic mass is 16.6. The minimum absolute atomic E-state index is 0.0955. The minimum Gasteiger partial charge on any atom is -0.394 e. The van der Waals surface area contributed by atoms with Crippen molar-refractivity contribution >= 4 is 11.6 Å². The Morgan fingerprint density at radius 2 is 2.26 bits per heavy atom. The van der Waals surface area contributed by atoms with Crippen LogP contribution in [0.4, 0.5) is 5.69 Å². The van der Waals surface area contributed by atoms with Crippen LogP contribution in [0.5, 0.6) is 0 Å². The maximum absolute atomic E-state index is 12.2. The van der Waals surface area contributed by atoms with Gasteiger partial charge in [-0.25, -0.2) is 0 Å². The Bertz CT molecular complexity index is 470. The van der Waals surface area contributed by atoms with E-state index in [1.807, 2.05) is 6.92 Å². The first kappa shape index (κ1) is 15.2. The highest BCUT2D eigenvalue weighted by Gasteiger charge is 2.23. The third-order valence-corrected chi connectivity index (χ3v) is 3.02. The number of aliphatic hydroxyl groups excluding tert-OH is 1. The molecule has 1 aromatic heterocycles. The van der Waals surface area contributed by atoms with Crippen LogP contribution in [0.25, 0.3) is 0 Å². The van der Waals surface area contributed by atoms with E-state index in [1.54, 1.807) is 18.5 Å². The lowest BCUT2D eigenvalue weighted by Crippen LogP contribution is -2.38. The number of nitrogens with zero attached hydrogens (tertiary/aromatic N) is 3. The van der Waals surface area contributed by atoms with E-state index in [9.17, 15) is 14.9 Å². The molecule has 1 aromatic rings. The zero-order valence-electron chi connectivity index (χ0n) is 11.4. The summed E-state index contributed by atoms with van der Waals surface area (Å²) >= 11 is 0. The average molecular weight is 269 g/mol. The first-order valence-corrected chi connectivity index (χ1v) is 6.14. The number of amides is 1. The van der Waals surface area contributed by atoms with Gasteiger partial charge in [-0.05, 0) is 13.3 Å². The number of aryl methyl sites for hydroxylation is 1. The lowest BCUT2D eigenvalue weighted by Gasteiger charge is -2.23. The summed E-state index contributed by atoms with van der Waals surface area (Å²) in [7, 11) is 1.57. The van der Waals surface area contributed by atoms with Crippen molar-refractivity contribution in [2.45, 2.75) is 32.9 Å². The number of hydrogen-bond donors (Lipinski definition) is 1. The topological polar surface area (TPSA) is 88.6 Å². The van der Waals surface area contributed by atoms with Gasteiger partial charge in [-0.3, -0.25) is 14.9 Å². The molecular weight excluding hydrogens is 250 g/mol. The quantitative estimate of drug-likeness (QED) is 0.622. The van der Waals surface area contributed by atoms with E-state index in [0.29, 0.717) is 6.54 Å². The summed E-state index contributed by atoms with van der Waals surface area (Å²) in [4.78, 5) is 23.9. The predicted molar refractivity (Wildman–Crippen MR) is 70.0 cm³/mol. The van der Waals surface area contributed by atoms with Crippen LogP contribution in [0.3, 0.4) is 0 Å². The first-order valence-electron chi connectivity index (χ1n) is 6.14. The van der Waals surface area contributed by atoms with Gasteiger partial charge in [0.2, 0.25) is 0 Å². The molecule has 7 nitrogen and oxygen atoms in total. The third-order valence-electron chi connectivity index (χ3n) is 3.02. The van der Waals surface area contributed by atoms with E-state index in [1.165, 1.54) is 17.2 Å². The van der Waals surface area contributed by atoms with Gasteiger partial charge in [-0.1, -0.05) is 6.92 Å². The minimum atomic E-state index is -0.515. The number of likely N-dealkylation sites (N-methyl/N-ethyl adjacent to an activating group) is 1. The number of nitro groups is 1. The standard InChI is InChI=1S/C12H19N3O4/c1-4-5-14-7-10(15(18)19)6-11(14)12(17)13(3)9(2)8-16/h6-7,9,16H,4-5,8H2,1-3H3. The second-order valence-electron chi connectivity index (χ2n) is 4.48. The molecule has 1 atom stereocenters. The summed E-state index contributed by atoms with van der Waals surface area (Å²) in [5.41, 5.74) is 0.179. The number of rotatable bonds is 6. The normalized spacial score (nSPS) is 12.2. The fourth-order valence-electron chi connectivity index (χ4n) is 1.70. The van der Waals surface area contributed by atoms with Crippen molar-refractivity contribution in [2.24, 2.45) is 0 Å². The van der Waals surface area contributed by atoms with Crippen molar-refractivity contribution in [1.29, 1.82) is 0 Å². The molecule has 0 fully saturated rings. The SMILES string of the molecule is CCCn1cc([N+](=O)[O-])cc1C(=O)N(C)C(C)CO. The van der Waals surface area contributed by atoms with Gasteiger partial charge in [-0.15, -0.1) is 0 Å². The fourth-order valence-corrected chi connectivity index (χ4v) is 1.70. The number of carbonyl (C=O) groups excluding carboxylic acids is 1. The summed E-state index contributed by atoms with van der Waals surface area (Å²) in [6.07, 6.45) is 2.14. The largest absolute Gasteiger partial charge is 0.394 e. The summed E-state index contributed by atoms with van der Waals surface area (Å²) in [5, 5.41) is 19.8. The average Bonchev–Trinajstić information content (AvgIpc) is 2.80. The maximum Gasteiger partial charge on any atom is 0.287 e. The Hall–Kier alpha value is -1.89. The van der Waals surface area contributed by atoms with Gasteiger partial charge in [0, 0.05) is 19.7 Å². The first-order chi connectivity index (χ1) is 8.92. The second-order valence-corrected chi connectivity index (χ2v) is 4.48. The maximum atomic E-state index is 12.2. The van der Waals surface area contributed by atoms with Crippen LogP contribution in [0, 0.1) is 10.1 Å². The zero-order valence-corrected chi connectivity index (χ0v) is 11.4. The molecule has 1 unspecified atom stereocenters. The van der Waals surface area contributed by atoms with Crippen molar-refractivity contribution in [3.8, 4) is 0 Å². The molecule has 1 rings (SSSR count). The predicted octanol–water partition coefficient (Wildman–Crippen LogP) is 1.26. The van der Waals surface area contributed by atoms with Crippen LogP contribution in [0.1, 0.15) is 30.8 Å². The van der Waals surface area contributed by atoms with Gasteiger partial charge in [0.05, 0.1) is 23.8 Å². The van der Waals surface area contributed by atoms with Gasteiger partial charge < -0.3 is 14.6 Å². The van der Waals surface area contributed by atoms with Crippen LogP contribution in [-0.2, 0) is 6.54 Å². The van der Waals surface area contributed by atoms with E-state index in [2.05, 4.69) is 0 Å². The lowest BCUT2D eigenvalue weighted by atomic mass is 10.2.